The Hall–Kier alpha value is -0.990. The van der Waals surface area contributed by atoms with E-state index in [4.69, 9.17) is 4.42 Å². The van der Waals surface area contributed by atoms with E-state index >= 15 is 0 Å². The number of aryl methyl sites for hydroxylation is 1. The molecule has 1 aromatic heterocycles. The molecule has 1 rings (SSSR count). The standard InChI is InChI=1S/C10H20N4O3S/c1-7(2)6-9(10-12-11-8(3)17-10)13-18(15,16)14(4)5/h7,9,13H,6H2,1-5H3. The quantitative estimate of drug-likeness (QED) is 0.832. The molecular weight excluding hydrogens is 256 g/mol. The largest absolute Gasteiger partial charge is 0.424 e. The fraction of sp³-hybridized carbons (Fsp3) is 0.800. The average Bonchev–Trinajstić information content (AvgIpc) is 2.62. The lowest BCUT2D eigenvalue weighted by Gasteiger charge is -2.19. The predicted octanol–water partition coefficient (Wildman–Crippen LogP) is 0.861. The monoisotopic (exact) mass is 276 g/mol. The third-order valence-electron chi connectivity index (χ3n) is 2.32. The number of hydrogen-bond donors (Lipinski definition) is 1. The molecule has 8 heteroatoms. The van der Waals surface area contributed by atoms with Gasteiger partial charge in [-0.2, -0.15) is 17.4 Å². The first kappa shape index (κ1) is 15.1. The van der Waals surface area contributed by atoms with Crippen LogP contribution in [0, 0.1) is 12.8 Å². The molecule has 104 valence electrons. The van der Waals surface area contributed by atoms with Crippen molar-refractivity contribution in [3.05, 3.63) is 11.8 Å². The van der Waals surface area contributed by atoms with Gasteiger partial charge in [-0.05, 0) is 12.3 Å². The molecule has 18 heavy (non-hydrogen) atoms. The molecule has 0 spiro atoms. The summed E-state index contributed by atoms with van der Waals surface area (Å²) in [5.74, 6) is 1.02. The second-order valence-electron chi connectivity index (χ2n) is 4.75. The van der Waals surface area contributed by atoms with E-state index in [1.165, 1.54) is 14.1 Å². The molecule has 1 unspecified atom stereocenters. The number of hydrogen-bond acceptors (Lipinski definition) is 5. The Morgan fingerprint density at radius 1 is 1.33 bits per heavy atom. The van der Waals surface area contributed by atoms with Gasteiger partial charge in [0.1, 0.15) is 6.04 Å². The second kappa shape index (κ2) is 5.77. The summed E-state index contributed by atoms with van der Waals surface area (Å²) in [5.41, 5.74) is 0. The molecule has 7 nitrogen and oxygen atoms in total. The summed E-state index contributed by atoms with van der Waals surface area (Å²) in [7, 11) is -0.594. The number of nitrogens with zero attached hydrogens (tertiary/aromatic N) is 3. The highest BCUT2D eigenvalue weighted by molar-refractivity contribution is 7.87. The zero-order chi connectivity index (χ0) is 13.9. The normalized spacial score (nSPS) is 14.4. The zero-order valence-electron chi connectivity index (χ0n) is 11.3. The lowest BCUT2D eigenvalue weighted by atomic mass is 10.0. The molecule has 1 atom stereocenters. The first-order valence-corrected chi connectivity index (χ1v) is 7.16. The highest BCUT2D eigenvalue weighted by Crippen LogP contribution is 2.21. The van der Waals surface area contributed by atoms with Gasteiger partial charge in [0.05, 0.1) is 0 Å². The topological polar surface area (TPSA) is 88.3 Å². The lowest BCUT2D eigenvalue weighted by Crippen LogP contribution is -2.38. The molecule has 0 fully saturated rings. The molecule has 0 aromatic carbocycles. The van der Waals surface area contributed by atoms with Gasteiger partial charge in [0.15, 0.2) is 0 Å². The molecule has 0 saturated carbocycles. The second-order valence-corrected chi connectivity index (χ2v) is 6.66. The van der Waals surface area contributed by atoms with Crippen molar-refractivity contribution in [2.24, 2.45) is 5.92 Å². The van der Waals surface area contributed by atoms with Crippen LogP contribution in [0.4, 0.5) is 0 Å². The number of rotatable bonds is 6. The smallest absolute Gasteiger partial charge is 0.279 e. The molecule has 0 bridgehead atoms. The maximum absolute atomic E-state index is 11.8. The first-order valence-electron chi connectivity index (χ1n) is 5.72. The Bertz CT molecular complexity index is 481. The van der Waals surface area contributed by atoms with Gasteiger partial charge in [-0.3, -0.25) is 0 Å². The van der Waals surface area contributed by atoms with Gasteiger partial charge in [-0.1, -0.05) is 13.8 Å². The van der Waals surface area contributed by atoms with Crippen LogP contribution in [0.25, 0.3) is 0 Å². The van der Waals surface area contributed by atoms with Gasteiger partial charge in [0.2, 0.25) is 11.8 Å². The Balaban J connectivity index is 2.93. The lowest BCUT2D eigenvalue weighted by molar-refractivity contribution is 0.365. The van der Waals surface area contributed by atoms with Crippen LogP contribution in [0.2, 0.25) is 0 Å². The third kappa shape index (κ3) is 4.04. The predicted molar refractivity (Wildman–Crippen MR) is 67.0 cm³/mol. The number of nitrogens with one attached hydrogen (secondary N) is 1. The summed E-state index contributed by atoms with van der Waals surface area (Å²) >= 11 is 0. The van der Waals surface area contributed by atoms with E-state index in [9.17, 15) is 8.42 Å². The van der Waals surface area contributed by atoms with Crippen LogP contribution in [-0.4, -0.2) is 37.0 Å². The Labute approximate surface area is 108 Å². The summed E-state index contributed by atoms with van der Waals surface area (Å²) in [6, 6.07) is -0.501. The van der Waals surface area contributed by atoms with Crippen LogP contribution in [0.5, 0.6) is 0 Å². The van der Waals surface area contributed by atoms with Crippen LogP contribution < -0.4 is 4.72 Å². The van der Waals surface area contributed by atoms with Crippen molar-refractivity contribution >= 4 is 10.2 Å². The molecule has 1 heterocycles. The van der Waals surface area contributed by atoms with E-state index in [1.807, 2.05) is 13.8 Å². The first-order chi connectivity index (χ1) is 8.22. The van der Waals surface area contributed by atoms with Crippen LogP contribution in [0.1, 0.15) is 38.1 Å². The summed E-state index contributed by atoms with van der Waals surface area (Å²) in [5, 5.41) is 7.61. The van der Waals surface area contributed by atoms with E-state index in [1.54, 1.807) is 6.92 Å². The molecule has 0 aliphatic heterocycles. The van der Waals surface area contributed by atoms with Crippen LogP contribution >= 0.6 is 0 Å². The van der Waals surface area contributed by atoms with Gasteiger partial charge >= 0.3 is 0 Å². The van der Waals surface area contributed by atoms with E-state index in [0.717, 1.165) is 4.31 Å². The summed E-state index contributed by atoms with van der Waals surface area (Å²) < 4.78 is 32.6. The van der Waals surface area contributed by atoms with E-state index in [-0.39, 0.29) is 0 Å². The van der Waals surface area contributed by atoms with Gasteiger partial charge in [-0.25, -0.2) is 0 Å². The van der Waals surface area contributed by atoms with Crippen LogP contribution in [0.3, 0.4) is 0 Å². The van der Waals surface area contributed by atoms with Crippen molar-refractivity contribution in [1.29, 1.82) is 0 Å². The molecule has 0 aliphatic carbocycles. The van der Waals surface area contributed by atoms with Crippen molar-refractivity contribution in [1.82, 2.24) is 19.2 Å². The fourth-order valence-corrected chi connectivity index (χ4v) is 2.18. The van der Waals surface area contributed by atoms with Gasteiger partial charge < -0.3 is 4.42 Å². The molecule has 0 saturated heterocycles. The van der Waals surface area contributed by atoms with E-state index in [0.29, 0.717) is 24.1 Å². The molecule has 0 aliphatic rings. The molecule has 1 N–H and O–H groups in total. The highest BCUT2D eigenvalue weighted by Gasteiger charge is 2.26. The summed E-state index contributed by atoms with van der Waals surface area (Å²) in [6.07, 6.45) is 0.592. The molecule has 0 radical (unpaired) electrons. The van der Waals surface area contributed by atoms with E-state index < -0.39 is 16.3 Å². The fourth-order valence-electron chi connectivity index (χ4n) is 1.41. The molecule has 1 aromatic rings. The van der Waals surface area contributed by atoms with Crippen molar-refractivity contribution in [2.75, 3.05) is 14.1 Å². The number of aromatic nitrogens is 2. The van der Waals surface area contributed by atoms with Crippen molar-refractivity contribution in [2.45, 2.75) is 33.2 Å². The molecule has 0 amide bonds. The van der Waals surface area contributed by atoms with Gasteiger partial charge in [0, 0.05) is 21.0 Å². The SMILES string of the molecule is Cc1nnc(C(CC(C)C)NS(=O)(=O)N(C)C)o1. The Morgan fingerprint density at radius 2 is 1.94 bits per heavy atom. The maximum Gasteiger partial charge on any atom is 0.279 e. The van der Waals surface area contributed by atoms with Crippen molar-refractivity contribution in [3.63, 3.8) is 0 Å². The minimum atomic E-state index is -3.53. The zero-order valence-corrected chi connectivity index (χ0v) is 12.2. The highest BCUT2D eigenvalue weighted by atomic mass is 32.2. The Morgan fingerprint density at radius 3 is 2.33 bits per heavy atom. The van der Waals surface area contributed by atoms with Gasteiger partial charge in [-0.15, -0.1) is 10.2 Å². The average molecular weight is 276 g/mol. The Kier molecular flexibility index (Phi) is 4.83. The van der Waals surface area contributed by atoms with Crippen molar-refractivity contribution < 1.29 is 12.8 Å². The molecular formula is C10H20N4O3S. The van der Waals surface area contributed by atoms with Gasteiger partial charge in [0.25, 0.3) is 10.2 Å². The summed E-state index contributed by atoms with van der Waals surface area (Å²) in [6.45, 7) is 5.67. The maximum atomic E-state index is 11.8. The minimum absolute atomic E-state index is 0.298. The van der Waals surface area contributed by atoms with Crippen LogP contribution in [0.15, 0.2) is 4.42 Å². The van der Waals surface area contributed by atoms with Crippen molar-refractivity contribution in [3.8, 4) is 0 Å². The third-order valence-corrected chi connectivity index (χ3v) is 3.86. The van der Waals surface area contributed by atoms with E-state index in [2.05, 4.69) is 14.9 Å². The van der Waals surface area contributed by atoms with Crippen LogP contribution in [-0.2, 0) is 10.2 Å². The minimum Gasteiger partial charge on any atom is -0.424 e. The summed E-state index contributed by atoms with van der Waals surface area (Å²) in [4.78, 5) is 0.